The van der Waals surface area contributed by atoms with Gasteiger partial charge in [0.2, 0.25) is 0 Å². The molecule has 3 heteroatoms. The van der Waals surface area contributed by atoms with Crippen LogP contribution in [0.15, 0.2) is 54.9 Å². The minimum atomic E-state index is 0.104. The summed E-state index contributed by atoms with van der Waals surface area (Å²) in [5.74, 6) is 0.104. The molecule has 0 unspecified atom stereocenters. The molecular weight excluding hydrogens is 278 g/mol. The van der Waals surface area contributed by atoms with E-state index in [1.807, 2.05) is 47.3 Å². The fourth-order valence-electron chi connectivity index (χ4n) is 1.66. The SMILES string of the molecule is O=C(CBr)c1ccc[n+](Cc2ccccc2)c1. The zero-order chi connectivity index (χ0) is 12.1. The molecular formula is C14H13BrNO+. The Morgan fingerprint density at radius 1 is 1.12 bits per heavy atom. The number of ketones is 1. The summed E-state index contributed by atoms with van der Waals surface area (Å²) in [5.41, 5.74) is 1.96. The summed E-state index contributed by atoms with van der Waals surface area (Å²) in [5, 5.41) is 0.363. The van der Waals surface area contributed by atoms with Gasteiger partial charge in [-0.1, -0.05) is 46.3 Å². The standard InChI is InChI=1S/C14H13BrNO/c15-9-14(17)13-7-4-8-16(11-13)10-12-5-2-1-3-6-12/h1-8,11H,9-10H2/q+1. The molecule has 17 heavy (non-hydrogen) atoms. The normalized spacial score (nSPS) is 10.2. The molecule has 0 aliphatic carbocycles. The highest BCUT2D eigenvalue weighted by Crippen LogP contribution is 2.01. The van der Waals surface area contributed by atoms with E-state index in [2.05, 4.69) is 28.1 Å². The molecule has 0 spiro atoms. The largest absolute Gasteiger partial charge is 0.293 e. The first-order chi connectivity index (χ1) is 8.29. The zero-order valence-electron chi connectivity index (χ0n) is 9.34. The van der Waals surface area contributed by atoms with E-state index in [1.54, 1.807) is 0 Å². The Hall–Kier alpha value is -1.48. The van der Waals surface area contributed by atoms with Crippen LogP contribution in [0.25, 0.3) is 0 Å². The predicted molar refractivity (Wildman–Crippen MR) is 70.3 cm³/mol. The van der Waals surface area contributed by atoms with Crippen LogP contribution in [0.1, 0.15) is 15.9 Å². The molecule has 86 valence electrons. The number of nitrogens with zero attached hydrogens (tertiary/aromatic N) is 1. The van der Waals surface area contributed by atoms with E-state index in [0.29, 0.717) is 5.33 Å². The molecule has 0 fully saturated rings. The summed E-state index contributed by atoms with van der Waals surface area (Å²) in [6, 6.07) is 13.9. The Balaban J connectivity index is 2.20. The number of Topliss-reactive ketones (excluding diaryl/α,β-unsaturated/α-hetero) is 1. The average molecular weight is 291 g/mol. The molecule has 1 heterocycles. The third-order valence-corrected chi connectivity index (χ3v) is 3.02. The van der Waals surface area contributed by atoms with Crippen LogP contribution in [0.4, 0.5) is 0 Å². The molecule has 2 nitrogen and oxygen atoms in total. The van der Waals surface area contributed by atoms with Crippen molar-refractivity contribution in [3.63, 3.8) is 0 Å². The van der Waals surface area contributed by atoms with Crippen molar-refractivity contribution in [1.82, 2.24) is 0 Å². The number of carbonyl (C=O) groups is 1. The number of rotatable bonds is 4. The Morgan fingerprint density at radius 3 is 2.59 bits per heavy atom. The summed E-state index contributed by atoms with van der Waals surface area (Å²) in [4.78, 5) is 11.6. The van der Waals surface area contributed by atoms with Crippen molar-refractivity contribution in [3.8, 4) is 0 Å². The Morgan fingerprint density at radius 2 is 1.88 bits per heavy atom. The van der Waals surface area contributed by atoms with Crippen molar-refractivity contribution in [2.24, 2.45) is 0 Å². The maximum Gasteiger partial charge on any atom is 0.179 e. The molecule has 0 amide bonds. The van der Waals surface area contributed by atoms with E-state index < -0.39 is 0 Å². The van der Waals surface area contributed by atoms with Gasteiger partial charge >= 0.3 is 0 Å². The number of benzene rings is 1. The quantitative estimate of drug-likeness (QED) is 0.482. The minimum absolute atomic E-state index is 0.104. The second-order valence-corrected chi connectivity index (χ2v) is 4.37. The van der Waals surface area contributed by atoms with Crippen molar-refractivity contribution >= 4 is 21.7 Å². The average Bonchev–Trinajstić information content (AvgIpc) is 2.39. The Kier molecular flexibility index (Phi) is 4.04. The third-order valence-electron chi connectivity index (χ3n) is 2.51. The van der Waals surface area contributed by atoms with Crippen LogP contribution in [-0.4, -0.2) is 11.1 Å². The van der Waals surface area contributed by atoms with E-state index in [-0.39, 0.29) is 5.78 Å². The first kappa shape index (κ1) is 12.0. The Bertz CT molecular complexity index is 511. The van der Waals surface area contributed by atoms with Crippen LogP contribution >= 0.6 is 15.9 Å². The molecule has 0 radical (unpaired) electrons. The van der Waals surface area contributed by atoms with Gasteiger partial charge in [-0.15, -0.1) is 0 Å². The van der Waals surface area contributed by atoms with Crippen molar-refractivity contribution in [2.75, 3.05) is 5.33 Å². The van der Waals surface area contributed by atoms with Gasteiger partial charge in [0.1, 0.15) is 0 Å². The first-order valence-corrected chi connectivity index (χ1v) is 6.54. The molecule has 2 rings (SSSR count). The minimum Gasteiger partial charge on any atom is -0.293 e. The molecule has 1 aromatic carbocycles. The molecule has 0 atom stereocenters. The first-order valence-electron chi connectivity index (χ1n) is 5.42. The monoisotopic (exact) mass is 290 g/mol. The Labute approximate surface area is 109 Å². The lowest BCUT2D eigenvalue weighted by Crippen LogP contribution is -2.34. The van der Waals surface area contributed by atoms with E-state index in [1.165, 1.54) is 5.56 Å². The number of hydrogen-bond acceptors (Lipinski definition) is 1. The van der Waals surface area contributed by atoms with Gasteiger partial charge in [-0.3, -0.25) is 4.79 Å². The van der Waals surface area contributed by atoms with Crippen molar-refractivity contribution in [2.45, 2.75) is 6.54 Å². The van der Waals surface area contributed by atoms with Crippen LogP contribution in [-0.2, 0) is 6.54 Å². The molecule has 0 aliphatic rings. The summed E-state index contributed by atoms with van der Waals surface area (Å²) in [7, 11) is 0. The van der Waals surface area contributed by atoms with Gasteiger partial charge in [-0.05, 0) is 6.07 Å². The number of aromatic nitrogens is 1. The van der Waals surface area contributed by atoms with E-state index in [9.17, 15) is 4.79 Å². The predicted octanol–water partition coefficient (Wildman–Crippen LogP) is 2.60. The lowest BCUT2D eigenvalue weighted by molar-refractivity contribution is -0.688. The van der Waals surface area contributed by atoms with Crippen molar-refractivity contribution in [1.29, 1.82) is 0 Å². The van der Waals surface area contributed by atoms with Crippen LogP contribution in [0.3, 0.4) is 0 Å². The molecule has 1 aromatic heterocycles. The lowest BCUT2D eigenvalue weighted by Gasteiger charge is -1.99. The summed E-state index contributed by atoms with van der Waals surface area (Å²) >= 11 is 3.18. The van der Waals surface area contributed by atoms with Gasteiger partial charge < -0.3 is 0 Å². The highest BCUT2D eigenvalue weighted by atomic mass is 79.9. The number of alkyl halides is 1. The molecule has 0 saturated carbocycles. The van der Waals surface area contributed by atoms with Crippen LogP contribution in [0, 0.1) is 0 Å². The molecule has 2 aromatic rings. The molecule has 0 saturated heterocycles. The number of halogens is 1. The third kappa shape index (κ3) is 3.24. The summed E-state index contributed by atoms with van der Waals surface area (Å²) in [6.45, 7) is 0.782. The van der Waals surface area contributed by atoms with Gasteiger partial charge in [0, 0.05) is 11.6 Å². The van der Waals surface area contributed by atoms with Gasteiger partial charge in [0.05, 0.1) is 10.9 Å². The van der Waals surface area contributed by atoms with Crippen LogP contribution in [0.2, 0.25) is 0 Å². The maximum absolute atomic E-state index is 11.6. The highest BCUT2D eigenvalue weighted by Gasteiger charge is 2.09. The van der Waals surface area contributed by atoms with Crippen molar-refractivity contribution in [3.05, 3.63) is 66.0 Å². The smallest absolute Gasteiger partial charge is 0.179 e. The number of carbonyl (C=O) groups excluding carboxylic acids is 1. The maximum atomic E-state index is 11.6. The molecule has 0 bridgehead atoms. The highest BCUT2D eigenvalue weighted by molar-refractivity contribution is 9.09. The van der Waals surface area contributed by atoms with Gasteiger partial charge in [-0.25, -0.2) is 4.57 Å². The molecule has 0 N–H and O–H groups in total. The number of pyridine rings is 1. The molecule has 0 aliphatic heterocycles. The second kappa shape index (κ2) is 5.73. The van der Waals surface area contributed by atoms with Crippen LogP contribution in [0.5, 0.6) is 0 Å². The van der Waals surface area contributed by atoms with Gasteiger partial charge in [-0.2, -0.15) is 0 Å². The van der Waals surface area contributed by atoms with Gasteiger partial charge in [0.25, 0.3) is 0 Å². The van der Waals surface area contributed by atoms with Gasteiger partial charge in [0.15, 0.2) is 24.7 Å². The zero-order valence-corrected chi connectivity index (χ0v) is 10.9. The van der Waals surface area contributed by atoms with E-state index >= 15 is 0 Å². The topological polar surface area (TPSA) is 20.9 Å². The fourth-order valence-corrected chi connectivity index (χ4v) is 1.98. The number of hydrogen-bond donors (Lipinski definition) is 0. The fraction of sp³-hybridized carbons (Fsp3) is 0.143. The summed E-state index contributed by atoms with van der Waals surface area (Å²) < 4.78 is 2.02. The van der Waals surface area contributed by atoms with E-state index in [4.69, 9.17) is 0 Å². The van der Waals surface area contributed by atoms with Crippen molar-refractivity contribution < 1.29 is 9.36 Å². The lowest BCUT2D eigenvalue weighted by atomic mass is 10.2. The van der Waals surface area contributed by atoms with E-state index in [0.717, 1.165) is 12.1 Å². The second-order valence-electron chi connectivity index (χ2n) is 3.81. The van der Waals surface area contributed by atoms with Crippen LogP contribution < -0.4 is 4.57 Å². The summed E-state index contributed by atoms with van der Waals surface area (Å²) in [6.07, 6.45) is 3.86.